The molecule has 2 atom stereocenters. The van der Waals surface area contributed by atoms with Gasteiger partial charge in [0.2, 0.25) is 12.1 Å². The Morgan fingerprint density at radius 3 is 2.30 bits per heavy atom. The first kappa shape index (κ1) is 43.9. The van der Waals surface area contributed by atoms with Crippen molar-refractivity contribution < 1.29 is 52.7 Å². The van der Waals surface area contributed by atoms with Gasteiger partial charge in [0.1, 0.15) is 17.3 Å². The van der Waals surface area contributed by atoms with Crippen molar-refractivity contribution in [2.45, 2.75) is 51.4 Å². The van der Waals surface area contributed by atoms with Gasteiger partial charge in [-0.1, -0.05) is 13.8 Å². The summed E-state index contributed by atoms with van der Waals surface area (Å²) in [5, 5.41) is 43.9. The van der Waals surface area contributed by atoms with Gasteiger partial charge in [-0.15, -0.1) is 10.2 Å². The second-order valence-electron chi connectivity index (χ2n) is 15.1. The molecule has 0 spiro atoms. The number of nitrogens with zero attached hydrogens (tertiary/aromatic N) is 7. The fraction of sp³-hybridized carbons (Fsp3) is 0.357. The summed E-state index contributed by atoms with van der Waals surface area (Å²) in [6.45, 7) is 6.89. The van der Waals surface area contributed by atoms with Crippen LogP contribution in [0.5, 0.6) is 23.0 Å². The molecule has 4 heterocycles. The first-order chi connectivity index (χ1) is 30.1. The van der Waals surface area contributed by atoms with Crippen LogP contribution in [0.4, 0.5) is 25.1 Å². The molecule has 0 aliphatic carbocycles. The third-order valence-electron chi connectivity index (χ3n) is 10.6. The lowest BCUT2D eigenvalue weighted by Gasteiger charge is -2.36. The summed E-state index contributed by atoms with van der Waals surface area (Å²) in [5.41, 5.74) is 1.29. The van der Waals surface area contributed by atoms with E-state index in [0.29, 0.717) is 54.1 Å². The second kappa shape index (κ2) is 18.1. The number of benzene rings is 3. The Bertz CT molecular complexity index is 2580. The van der Waals surface area contributed by atoms with Crippen LogP contribution >= 0.6 is 0 Å². The molecule has 2 aliphatic heterocycles. The van der Waals surface area contributed by atoms with Crippen molar-refractivity contribution in [1.29, 1.82) is 0 Å². The van der Waals surface area contributed by atoms with E-state index >= 15 is 0 Å². The molecule has 0 saturated carbocycles. The van der Waals surface area contributed by atoms with E-state index in [1.807, 2.05) is 18.7 Å². The Morgan fingerprint density at radius 1 is 0.952 bits per heavy atom. The number of ether oxygens (including phenoxy) is 3. The molecule has 19 nitrogen and oxygen atoms in total. The van der Waals surface area contributed by atoms with Crippen LogP contribution in [0.3, 0.4) is 0 Å². The summed E-state index contributed by atoms with van der Waals surface area (Å²) < 4.78 is 46.9. The number of anilines is 2. The summed E-state index contributed by atoms with van der Waals surface area (Å²) in [6.07, 6.45) is -3.91. The smallest absolute Gasteiger partial charge is 0.418 e. The third kappa shape index (κ3) is 9.09. The largest absolute Gasteiger partial charge is 0.508 e. The van der Waals surface area contributed by atoms with E-state index in [0.717, 1.165) is 18.0 Å². The highest BCUT2D eigenvalue weighted by atomic mass is 19.3. The zero-order chi connectivity index (χ0) is 45.2. The van der Waals surface area contributed by atoms with Gasteiger partial charge in [0, 0.05) is 74.4 Å². The lowest BCUT2D eigenvalue weighted by Crippen LogP contribution is -2.48. The molecule has 2 aliphatic rings. The van der Waals surface area contributed by atoms with E-state index in [1.54, 1.807) is 54.3 Å². The molecule has 63 heavy (non-hydrogen) atoms. The molecule has 2 unspecified atom stereocenters. The molecule has 3 aromatic carbocycles. The Hall–Kier alpha value is -7.13. The van der Waals surface area contributed by atoms with Gasteiger partial charge in [-0.05, 0) is 66.9 Å². The van der Waals surface area contributed by atoms with Crippen molar-refractivity contribution in [3.63, 3.8) is 0 Å². The summed E-state index contributed by atoms with van der Waals surface area (Å²) in [6, 6.07) is 15.4. The predicted octanol–water partition coefficient (Wildman–Crippen LogP) is 4.27. The number of aliphatic hydroxyl groups is 1. The average molecular weight is 874 g/mol. The van der Waals surface area contributed by atoms with Crippen LogP contribution < -0.4 is 30.7 Å². The quantitative estimate of drug-likeness (QED) is 0.118. The van der Waals surface area contributed by atoms with E-state index in [-0.39, 0.29) is 57.9 Å². The highest BCUT2D eigenvalue weighted by molar-refractivity contribution is 5.95. The topological polar surface area (TPSA) is 236 Å². The normalized spacial score (nSPS) is 17.1. The van der Waals surface area contributed by atoms with Crippen LogP contribution in [-0.2, 0) is 4.74 Å². The number of phenolic OH excluding ortho intramolecular Hbond substituents is 2. The number of piperazine rings is 1. The summed E-state index contributed by atoms with van der Waals surface area (Å²) in [4.78, 5) is 59.5. The molecular weight excluding hydrogens is 829 g/mol. The lowest BCUT2D eigenvalue weighted by atomic mass is 9.98. The van der Waals surface area contributed by atoms with Crippen molar-refractivity contribution in [2.24, 2.45) is 0 Å². The summed E-state index contributed by atoms with van der Waals surface area (Å²) in [7, 11) is 1.39. The first-order valence-corrected chi connectivity index (χ1v) is 20.0. The molecule has 5 N–H and O–H groups in total. The van der Waals surface area contributed by atoms with Gasteiger partial charge in [0.15, 0.2) is 17.3 Å². The van der Waals surface area contributed by atoms with Crippen LogP contribution in [0.1, 0.15) is 65.9 Å². The van der Waals surface area contributed by atoms with Gasteiger partial charge in [-0.25, -0.2) is 18.4 Å². The Labute approximate surface area is 358 Å². The SMILES string of the molecule is CCNC(=O)c1nnc(-c2cc(C(C)C)c(O)cc2O)n1-c1ccc(C(=O)N2CCN(c3ccc(OC(=O)Nc4ccn(C5OC(CO)CC5(F)F)c(=O)n4)c(OC)c3)CC2)cc1. The summed E-state index contributed by atoms with van der Waals surface area (Å²) in [5.74, 6) is -4.45. The zero-order valence-electron chi connectivity index (χ0n) is 34.6. The molecule has 2 fully saturated rings. The second-order valence-corrected chi connectivity index (χ2v) is 15.1. The molecule has 21 heteroatoms. The van der Waals surface area contributed by atoms with Gasteiger partial charge >= 0.3 is 11.8 Å². The van der Waals surface area contributed by atoms with Crippen molar-refractivity contribution in [2.75, 3.05) is 56.7 Å². The number of carbonyl (C=O) groups excluding carboxylic acids is 3. The zero-order valence-corrected chi connectivity index (χ0v) is 34.6. The van der Waals surface area contributed by atoms with Crippen LogP contribution in [0, 0.1) is 0 Å². The van der Waals surface area contributed by atoms with Gasteiger partial charge in [0.05, 0.1) is 25.4 Å². The Morgan fingerprint density at radius 2 is 1.67 bits per heavy atom. The molecule has 2 saturated heterocycles. The van der Waals surface area contributed by atoms with E-state index in [2.05, 4.69) is 25.8 Å². The van der Waals surface area contributed by atoms with Crippen molar-refractivity contribution in [3.8, 4) is 40.1 Å². The number of phenols is 2. The molecule has 2 aromatic heterocycles. The Balaban J connectivity index is 0.992. The van der Waals surface area contributed by atoms with E-state index in [9.17, 15) is 43.3 Å². The van der Waals surface area contributed by atoms with Crippen molar-refractivity contribution in [1.82, 2.24) is 34.5 Å². The number of aromatic hydroxyl groups is 2. The predicted molar refractivity (Wildman–Crippen MR) is 222 cm³/mol. The fourth-order valence-corrected chi connectivity index (χ4v) is 7.37. The minimum atomic E-state index is -3.42. The number of aromatic nitrogens is 5. The molecule has 0 radical (unpaired) electrons. The van der Waals surface area contributed by atoms with Gasteiger partial charge < -0.3 is 44.6 Å². The molecule has 332 valence electrons. The van der Waals surface area contributed by atoms with Gasteiger partial charge in [0.25, 0.3) is 17.7 Å². The highest BCUT2D eigenvalue weighted by Gasteiger charge is 2.51. The number of hydrogen-bond acceptors (Lipinski definition) is 14. The first-order valence-electron chi connectivity index (χ1n) is 20.0. The van der Waals surface area contributed by atoms with Crippen molar-refractivity contribution in [3.05, 3.63) is 94.3 Å². The molecular formula is C42H45F2N9O10. The number of alkyl halides is 2. The van der Waals surface area contributed by atoms with Gasteiger partial charge in [-0.3, -0.25) is 24.0 Å². The van der Waals surface area contributed by atoms with Crippen LogP contribution in [0.2, 0.25) is 0 Å². The minimum Gasteiger partial charge on any atom is -0.508 e. The van der Waals surface area contributed by atoms with E-state index in [1.165, 1.54) is 23.8 Å². The standard InChI is InChI=1S/C42H45F2N9O10/c1-5-45-37(57)36-49-48-35(29-19-28(23(2)3)30(55)20-31(29)56)53(36)25-8-6-24(7-9-25)38(58)51-16-14-50(15-17-51)26-10-11-32(33(18-26)61-4)63-41(60)47-34-12-13-52(40(59)46-34)39-42(43,44)21-27(22-54)62-39/h6-13,18-20,23,27,39,54-56H,5,14-17,21-22H2,1-4H3,(H,45,57)(H,46,47,59,60). The maximum absolute atomic E-state index is 14.4. The van der Waals surface area contributed by atoms with Crippen LogP contribution in [0.15, 0.2) is 71.7 Å². The highest BCUT2D eigenvalue weighted by Crippen LogP contribution is 2.42. The molecule has 0 bridgehead atoms. The fourth-order valence-electron chi connectivity index (χ4n) is 7.37. The number of hydrogen-bond donors (Lipinski definition) is 5. The third-order valence-corrected chi connectivity index (χ3v) is 10.6. The number of carbonyl (C=O) groups is 3. The molecule has 3 amide bonds. The number of amides is 3. The minimum absolute atomic E-state index is 0.0373. The van der Waals surface area contributed by atoms with Crippen molar-refractivity contribution >= 4 is 29.4 Å². The van der Waals surface area contributed by atoms with Crippen LogP contribution in [0.25, 0.3) is 17.1 Å². The maximum Gasteiger partial charge on any atom is 0.418 e. The van der Waals surface area contributed by atoms with E-state index in [4.69, 9.17) is 14.2 Å². The Kier molecular flexibility index (Phi) is 12.6. The summed E-state index contributed by atoms with van der Waals surface area (Å²) >= 11 is 0. The molecule has 5 aromatic rings. The number of nitrogens with one attached hydrogen (secondary N) is 2. The van der Waals surface area contributed by atoms with Crippen LogP contribution in [-0.4, -0.2) is 121 Å². The van der Waals surface area contributed by atoms with E-state index < -0.39 is 49.0 Å². The maximum atomic E-state index is 14.4. The number of rotatable bonds is 12. The number of methoxy groups -OCH3 is 1. The number of halogens is 2. The number of aliphatic hydroxyl groups excluding tert-OH is 1. The van der Waals surface area contributed by atoms with Gasteiger partial charge in [-0.2, -0.15) is 4.98 Å². The monoisotopic (exact) mass is 873 g/mol. The average Bonchev–Trinajstić information content (AvgIpc) is 3.84. The lowest BCUT2D eigenvalue weighted by molar-refractivity contribution is -0.120. The molecule has 7 rings (SSSR count).